The van der Waals surface area contributed by atoms with Crippen molar-refractivity contribution in [2.45, 2.75) is 19.9 Å². The van der Waals surface area contributed by atoms with Gasteiger partial charge in [-0.25, -0.2) is 0 Å². The van der Waals surface area contributed by atoms with Crippen LogP contribution in [0.4, 0.5) is 0 Å². The van der Waals surface area contributed by atoms with Crippen molar-refractivity contribution >= 4 is 11.5 Å². The van der Waals surface area contributed by atoms with E-state index in [-0.39, 0.29) is 5.91 Å². The van der Waals surface area contributed by atoms with E-state index in [1.807, 2.05) is 35.2 Å². The summed E-state index contributed by atoms with van der Waals surface area (Å²) in [5.74, 6) is 1.75. The lowest BCUT2D eigenvalue weighted by Crippen LogP contribution is -2.47. The van der Waals surface area contributed by atoms with Gasteiger partial charge in [-0.2, -0.15) is 0 Å². The Balaban J connectivity index is 1.33. The average Bonchev–Trinajstić information content (AvgIpc) is 3.21. The maximum atomic E-state index is 12.7. The third-order valence-electron chi connectivity index (χ3n) is 5.35. The third-order valence-corrected chi connectivity index (χ3v) is 5.35. The Kier molecular flexibility index (Phi) is 5.63. The maximum Gasteiger partial charge on any atom is 0.246 e. The van der Waals surface area contributed by atoms with E-state index in [0.29, 0.717) is 6.79 Å². The molecule has 2 aromatic carbocycles. The number of carbonyl (C=O) groups excluding carboxylic acids is 1. The van der Waals surface area contributed by atoms with E-state index in [4.69, 9.17) is 9.47 Å². The number of benzene rings is 2. The van der Waals surface area contributed by atoms with Crippen LogP contribution in [-0.4, -0.2) is 48.7 Å². The lowest BCUT2D eigenvalue weighted by molar-refractivity contribution is -0.127. The minimum absolute atomic E-state index is 0.114. The van der Waals surface area contributed by atoms with E-state index < -0.39 is 0 Å². The van der Waals surface area contributed by atoms with Gasteiger partial charge in [-0.15, -0.1) is 0 Å². The molecule has 1 fully saturated rings. The van der Waals surface area contributed by atoms with Gasteiger partial charge in [0.15, 0.2) is 11.5 Å². The quantitative estimate of drug-likeness (QED) is 0.746. The Bertz CT molecular complexity index is 855. The predicted molar refractivity (Wildman–Crippen MR) is 109 cm³/mol. The molecule has 2 heterocycles. The summed E-state index contributed by atoms with van der Waals surface area (Å²) in [5, 5.41) is 0. The molecule has 0 saturated carbocycles. The highest BCUT2D eigenvalue weighted by atomic mass is 16.7. The maximum absolute atomic E-state index is 12.7. The van der Waals surface area contributed by atoms with Crippen LogP contribution in [0.25, 0.3) is 5.57 Å². The minimum Gasteiger partial charge on any atom is -0.454 e. The molecule has 146 valence electrons. The number of carbonyl (C=O) groups is 1. The van der Waals surface area contributed by atoms with Crippen molar-refractivity contribution in [3.63, 3.8) is 0 Å². The first kappa shape index (κ1) is 18.6. The highest BCUT2D eigenvalue weighted by Gasteiger charge is 2.21. The fourth-order valence-electron chi connectivity index (χ4n) is 3.71. The zero-order chi connectivity index (χ0) is 19.3. The van der Waals surface area contributed by atoms with Gasteiger partial charge in [-0.05, 0) is 35.3 Å². The molecule has 0 radical (unpaired) electrons. The molecule has 2 aliphatic rings. The fraction of sp³-hybridized carbons (Fsp3) is 0.348. The van der Waals surface area contributed by atoms with Gasteiger partial charge in [0, 0.05) is 38.8 Å². The van der Waals surface area contributed by atoms with Gasteiger partial charge < -0.3 is 14.4 Å². The van der Waals surface area contributed by atoms with Crippen LogP contribution in [0.3, 0.4) is 0 Å². The summed E-state index contributed by atoms with van der Waals surface area (Å²) in [6.07, 6.45) is 2.66. The molecule has 0 unspecified atom stereocenters. The number of allylic oxidation sites excluding steroid dienone is 1. The van der Waals surface area contributed by atoms with E-state index in [2.05, 4.69) is 36.1 Å². The molecule has 0 atom stereocenters. The topological polar surface area (TPSA) is 42.0 Å². The molecule has 28 heavy (non-hydrogen) atoms. The number of fused-ring (bicyclic) bond motifs is 1. The molecule has 0 aliphatic carbocycles. The highest BCUT2D eigenvalue weighted by Crippen LogP contribution is 2.32. The summed E-state index contributed by atoms with van der Waals surface area (Å²) in [6, 6.07) is 16.3. The van der Waals surface area contributed by atoms with Crippen LogP contribution in [0, 0.1) is 0 Å². The van der Waals surface area contributed by atoms with Crippen LogP contribution < -0.4 is 9.47 Å². The smallest absolute Gasteiger partial charge is 0.246 e. The van der Waals surface area contributed by atoms with E-state index >= 15 is 0 Å². The molecule has 0 bridgehead atoms. The predicted octanol–water partition coefficient (Wildman–Crippen LogP) is 3.55. The molecule has 2 aromatic rings. The summed E-state index contributed by atoms with van der Waals surface area (Å²) in [4.78, 5) is 17.1. The van der Waals surface area contributed by atoms with E-state index in [9.17, 15) is 4.79 Å². The number of amides is 1. The number of piperazine rings is 1. The number of nitrogens with zero attached hydrogens (tertiary/aromatic N) is 2. The number of hydrogen-bond donors (Lipinski definition) is 0. The fourth-order valence-corrected chi connectivity index (χ4v) is 3.71. The molecule has 5 heteroatoms. The largest absolute Gasteiger partial charge is 0.454 e. The van der Waals surface area contributed by atoms with Gasteiger partial charge in [0.1, 0.15) is 0 Å². The summed E-state index contributed by atoms with van der Waals surface area (Å²) in [5.41, 5.74) is 3.43. The standard InChI is InChI=1S/C23H26N2O3/c1-2-19(20-6-4-3-5-7-20)15-23(26)25-12-10-24(11-13-25)16-18-8-9-21-22(14-18)28-17-27-21/h3-9,14-15H,2,10-13,16-17H2,1H3/b19-15+. The number of rotatable bonds is 5. The van der Waals surface area contributed by atoms with Gasteiger partial charge in [-0.3, -0.25) is 9.69 Å². The average molecular weight is 378 g/mol. The van der Waals surface area contributed by atoms with E-state index in [1.165, 1.54) is 5.56 Å². The summed E-state index contributed by atoms with van der Waals surface area (Å²) >= 11 is 0. The second kappa shape index (κ2) is 8.48. The molecule has 0 N–H and O–H groups in total. The molecular formula is C23H26N2O3. The van der Waals surface area contributed by atoms with Crippen LogP contribution in [-0.2, 0) is 11.3 Å². The summed E-state index contributed by atoms with van der Waals surface area (Å²) in [6.45, 7) is 6.52. The van der Waals surface area contributed by atoms with Crippen LogP contribution in [0.1, 0.15) is 24.5 Å². The Hall–Kier alpha value is -2.79. The third kappa shape index (κ3) is 4.20. The van der Waals surface area contributed by atoms with Crippen molar-refractivity contribution in [3.05, 3.63) is 65.7 Å². The normalized spacial score (nSPS) is 17.0. The zero-order valence-electron chi connectivity index (χ0n) is 16.3. The summed E-state index contributed by atoms with van der Waals surface area (Å²) < 4.78 is 10.8. The molecule has 2 aliphatic heterocycles. The van der Waals surface area contributed by atoms with Crippen molar-refractivity contribution in [1.29, 1.82) is 0 Å². The van der Waals surface area contributed by atoms with Crippen LogP contribution in [0.5, 0.6) is 11.5 Å². The lowest BCUT2D eigenvalue weighted by Gasteiger charge is -2.34. The van der Waals surface area contributed by atoms with Gasteiger partial charge in [-0.1, -0.05) is 43.3 Å². The number of hydrogen-bond acceptors (Lipinski definition) is 4. The van der Waals surface area contributed by atoms with Crippen molar-refractivity contribution in [1.82, 2.24) is 9.80 Å². The van der Waals surface area contributed by atoms with Crippen molar-refractivity contribution < 1.29 is 14.3 Å². The molecule has 0 aromatic heterocycles. The number of ether oxygens (including phenoxy) is 2. The monoisotopic (exact) mass is 378 g/mol. The van der Waals surface area contributed by atoms with Crippen molar-refractivity contribution in [2.24, 2.45) is 0 Å². The van der Waals surface area contributed by atoms with Crippen LogP contribution in [0.15, 0.2) is 54.6 Å². The van der Waals surface area contributed by atoms with E-state index in [0.717, 1.165) is 61.8 Å². The van der Waals surface area contributed by atoms with Crippen molar-refractivity contribution in [3.8, 4) is 11.5 Å². The molecule has 0 spiro atoms. The highest BCUT2D eigenvalue weighted by molar-refractivity contribution is 5.95. The van der Waals surface area contributed by atoms with Gasteiger partial charge in [0.25, 0.3) is 0 Å². The zero-order valence-corrected chi connectivity index (χ0v) is 16.3. The van der Waals surface area contributed by atoms with Gasteiger partial charge in [0.2, 0.25) is 12.7 Å². The van der Waals surface area contributed by atoms with Crippen LogP contribution >= 0.6 is 0 Å². The molecule has 4 rings (SSSR count). The first-order valence-electron chi connectivity index (χ1n) is 9.88. The molecule has 1 saturated heterocycles. The van der Waals surface area contributed by atoms with E-state index in [1.54, 1.807) is 0 Å². The van der Waals surface area contributed by atoms with Crippen LogP contribution in [0.2, 0.25) is 0 Å². The Labute approximate surface area is 166 Å². The molecular weight excluding hydrogens is 352 g/mol. The molecule has 5 nitrogen and oxygen atoms in total. The lowest BCUT2D eigenvalue weighted by atomic mass is 10.0. The second-order valence-electron chi connectivity index (χ2n) is 7.18. The van der Waals surface area contributed by atoms with Gasteiger partial charge in [0.05, 0.1) is 0 Å². The second-order valence-corrected chi connectivity index (χ2v) is 7.18. The van der Waals surface area contributed by atoms with Gasteiger partial charge >= 0.3 is 0 Å². The first-order valence-corrected chi connectivity index (χ1v) is 9.88. The Morgan fingerprint density at radius 2 is 1.75 bits per heavy atom. The summed E-state index contributed by atoms with van der Waals surface area (Å²) in [7, 11) is 0. The SMILES string of the molecule is CC/C(=C\C(=O)N1CCN(Cc2ccc3c(c2)OCO3)CC1)c1ccccc1. The Morgan fingerprint density at radius 3 is 2.50 bits per heavy atom. The Morgan fingerprint density at radius 1 is 1.00 bits per heavy atom. The van der Waals surface area contributed by atoms with Crippen molar-refractivity contribution in [2.75, 3.05) is 33.0 Å². The molecule has 1 amide bonds. The minimum atomic E-state index is 0.114. The first-order chi connectivity index (χ1) is 13.7.